The maximum Gasteiger partial charge on any atom is 0.191 e. The van der Waals surface area contributed by atoms with Crippen molar-refractivity contribution >= 4 is 8.32 Å². The summed E-state index contributed by atoms with van der Waals surface area (Å²) in [6, 6.07) is 0. The van der Waals surface area contributed by atoms with Crippen LogP contribution < -0.4 is 0 Å². The highest BCUT2D eigenvalue weighted by molar-refractivity contribution is 6.74. The second kappa shape index (κ2) is 7.27. The van der Waals surface area contributed by atoms with E-state index in [4.69, 9.17) is 13.9 Å². The largest absolute Gasteiger partial charge is 0.417 e. The van der Waals surface area contributed by atoms with Crippen LogP contribution >= 0.6 is 0 Å². The third kappa shape index (κ3) is 3.72. The molecule has 1 aliphatic heterocycles. The highest BCUT2D eigenvalue weighted by atomic mass is 28.4. The van der Waals surface area contributed by atoms with Crippen LogP contribution in [0.5, 0.6) is 0 Å². The molecular formula is C23H42O3Si. The molecule has 3 fully saturated rings. The minimum atomic E-state index is -1.74. The number of allylic oxidation sites excluding steroid dienone is 1. The molecule has 0 aromatic heterocycles. The van der Waals surface area contributed by atoms with Crippen molar-refractivity contribution in [1.29, 1.82) is 0 Å². The third-order valence-electron chi connectivity index (χ3n) is 8.69. The third-order valence-corrected chi connectivity index (χ3v) is 13.2. The average molecular weight is 395 g/mol. The molecule has 1 saturated heterocycles. The van der Waals surface area contributed by atoms with E-state index in [2.05, 4.69) is 54.3 Å². The first-order chi connectivity index (χ1) is 12.4. The van der Waals surface area contributed by atoms with E-state index >= 15 is 0 Å². The van der Waals surface area contributed by atoms with Gasteiger partial charge >= 0.3 is 0 Å². The van der Waals surface area contributed by atoms with Crippen molar-refractivity contribution in [3.63, 3.8) is 0 Å². The fraction of sp³-hybridized carbons (Fsp3) is 0.913. The minimum Gasteiger partial charge on any atom is -0.417 e. The SMILES string of the molecule is C=C(C)[C@H]1CC[C@H](CO[Si](C)(C)C(C)(C)C)[C@]2(CCC3(OCCO3)[C@@H]2C)C1. The molecule has 0 unspecified atom stereocenters. The highest BCUT2D eigenvalue weighted by Gasteiger charge is 2.62. The zero-order valence-corrected chi connectivity index (χ0v) is 19.8. The predicted octanol–water partition coefficient (Wildman–Crippen LogP) is 6.16. The fourth-order valence-corrected chi connectivity index (χ4v) is 6.64. The van der Waals surface area contributed by atoms with Crippen molar-refractivity contribution in [2.45, 2.75) is 90.6 Å². The Morgan fingerprint density at radius 3 is 2.33 bits per heavy atom. The monoisotopic (exact) mass is 394 g/mol. The summed E-state index contributed by atoms with van der Waals surface area (Å²) in [5.74, 6) is 1.31. The molecule has 4 heteroatoms. The molecule has 3 aliphatic rings. The van der Waals surface area contributed by atoms with Gasteiger partial charge in [-0.15, -0.1) is 0 Å². The van der Waals surface area contributed by atoms with Crippen LogP contribution in [-0.2, 0) is 13.9 Å². The van der Waals surface area contributed by atoms with Crippen LogP contribution in [0.15, 0.2) is 12.2 Å². The van der Waals surface area contributed by atoms with Crippen molar-refractivity contribution in [3.8, 4) is 0 Å². The summed E-state index contributed by atoms with van der Waals surface area (Å²) in [4.78, 5) is 0. The highest BCUT2D eigenvalue weighted by Crippen LogP contribution is 2.63. The van der Waals surface area contributed by atoms with E-state index in [1.54, 1.807) is 0 Å². The van der Waals surface area contributed by atoms with Crippen LogP contribution in [0.4, 0.5) is 0 Å². The molecule has 1 heterocycles. The lowest BCUT2D eigenvalue weighted by molar-refractivity contribution is -0.198. The van der Waals surface area contributed by atoms with Crippen molar-refractivity contribution in [1.82, 2.24) is 0 Å². The van der Waals surface area contributed by atoms with E-state index in [9.17, 15) is 0 Å². The Kier molecular flexibility index (Phi) is 5.80. The van der Waals surface area contributed by atoms with Crippen molar-refractivity contribution in [3.05, 3.63) is 12.2 Å². The molecule has 0 bridgehead atoms. The quantitative estimate of drug-likeness (QED) is 0.422. The van der Waals surface area contributed by atoms with Gasteiger partial charge in [-0.05, 0) is 68.0 Å². The Balaban J connectivity index is 1.83. The van der Waals surface area contributed by atoms with Gasteiger partial charge < -0.3 is 13.9 Å². The maximum atomic E-state index is 6.75. The Labute approximate surface area is 168 Å². The Hall–Kier alpha value is -0.163. The summed E-state index contributed by atoms with van der Waals surface area (Å²) in [5.41, 5.74) is 1.61. The lowest BCUT2D eigenvalue weighted by Crippen LogP contribution is -2.49. The summed E-state index contributed by atoms with van der Waals surface area (Å²) >= 11 is 0. The molecule has 0 aromatic carbocycles. The first-order valence-electron chi connectivity index (χ1n) is 11.0. The van der Waals surface area contributed by atoms with Gasteiger partial charge in [-0.3, -0.25) is 0 Å². The van der Waals surface area contributed by atoms with Crippen molar-refractivity contribution in [2.24, 2.45) is 23.2 Å². The van der Waals surface area contributed by atoms with Crippen LogP contribution in [0, 0.1) is 23.2 Å². The van der Waals surface area contributed by atoms with Gasteiger partial charge in [0.2, 0.25) is 0 Å². The lowest BCUT2D eigenvalue weighted by Gasteiger charge is -2.50. The molecule has 156 valence electrons. The Morgan fingerprint density at radius 2 is 1.78 bits per heavy atom. The van der Waals surface area contributed by atoms with E-state index in [1.165, 1.54) is 31.3 Å². The molecular weight excluding hydrogens is 352 g/mol. The van der Waals surface area contributed by atoms with Gasteiger partial charge in [0, 0.05) is 18.9 Å². The molecule has 2 saturated carbocycles. The van der Waals surface area contributed by atoms with Crippen LogP contribution in [-0.4, -0.2) is 33.9 Å². The molecule has 0 N–H and O–H groups in total. The normalized spacial score (nSPS) is 36.6. The Bertz CT molecular complexity index is 558. The zero-order valence-electron chi connectivity index (χ0n) is 18.8. The van der Waals surface area contributed by atoms with E-state index in [0.717, 1.165) is 26.2 Å². The molecule has 2 spiro atoms. The van der Waals surface area contributed by atoms with E-state index in [1.807, 2.05) is 0 Å². The van der Waals surface area contributed by atoms with Gasteiger partial charge in [-0.2, -0.15) is 0 Å². The summed E-state index contributed by atoms with van der Waals surface area (Å²) in [7, 11) is -1.74. The molecule has 3 nitrogen and oxygen atoms in total. The van der Waals surface area contributed by atoms with Gasteiger partial charge in [-0.1, -0.05) is 39.8 Å². The summed E-state index contributed by atoms with van der Waals surface area (Å²) in [6.45, 7) is 23.1. The molecule has 0 aromatic rings. The number of hydrogen-bond donors (Lipinski definition) is 0. The summed E-state index contributed by atoms with van der Waals surface area (Å²) < 4.78 is 19.2. The zero-order chi connectivity index (χ0) is 20.1. The summed E-state index contributed by atoms with van der Waals surface area (Å²) in [6.07, 6.45) is 5.96. The molecule has 3 rings (SSSR count). The van der Waals surface area contributed by atoms with Gasteiger partial charge in [-0.25, -0.2) is 0 Å². The smallest absolute Gasteiger partial charge is 0.191 e. The van der Waals surface area contributed by atoms with E-state index in [-0.39, 0.29) is 16.2 Å². The molecule has 0 radical (unpaired) electrons. The first-order valence-corrected chi connectivity index (χ1v) is 13.9. The van der Waals surface area contributed by atoms with Gasteiger partial charge in [0.15, 0.2) is 14.1 Å². The molecule has 4 atom stereocenters. The van der Waals surface area contributed by atoms with Gasteiger partial charge in [0.05, 0.1) is 13.2 Å². The van der Waals surface area contributed by atoms with Crippen LogP contribution in [0.25, 0.3) is 0 Å². The van der Waals surface area contributed by atoms with Gasteiger partial charge in [0.25, 0.3) is 0 Å². The van der Waals surface area contributed by atoms with Crippen molar-refractivity contribution in [2.75, 3.05) is 19.8 Å². The predicted molar refractivity (Wildman–Crippen MR) is 114 cm³/mol. The van der Waals surface area contributed by atoms with Crippen LogP contribution in [0.2, 0.25) is 18.1 Å². The Morgan fingerprint density at radius 1 is 1.15 bits per heavy atom. The molecule has 0 amide bonds. The van der Waals surface area contributed by atoms with Crippen LogP contribution in [0.1, 0.15) is 66.7 Å². The number of hydrogen-bond acceptors (Lipinski definition) is 3. The standard InChI is InChI=1S/C23H42O3Si/c1-17(2)19-9-10-20(16-26-27(7,8)21(4,5)6)22(15-19)11-12-23(18(22)3)24-13-14-25-23/h18-20H,1,9-16H2,2-8H3/t18-,19+,20-,22-/m1/s1. The average Bonchev–Trinajstić information content (AvgIpc) is 3.15. The second-order valence-electron chi connectivity index (χ2n) is 11.1. The maximum absolute atomic E-state index is 6.75. The van der Waals surface area contributed by atoms with E-state index < -0.39 is 8.32 Å². The number of rotatable bonds is 4. The minimum absolute atomic E-state index is 0.259. The lowest BCUT2D eigenvalue weighted by atomic mass is 9.57. The topological polar surface area (TPSA) is 27.7 Å². The molecule has 2 aliphatic carbocycles. The molecule has 27 heavy (non-hydrogen) atoms. The van der Waals surface area contributed by atoms with Gasteiger partial charge in [0.1, 0.15) is 0 Å². The first kappa shape index (κ1) is 21.5. The van der Waals surface area contributed by atoms with Crippen molar-refractivity contribution < 1.29 is 13.9 Å². The summed E-state index contributed by atoms with van der Waals surface area (Å²) in [5, 5.41) is 0.259. The fourth-order valence-electron chi connectivity index (χ4n) is 5.59. The number of ether oxygens (including phenoxy) is 2. The second-order valence-corrected chi connectivity index (χ2v) is 15.9. The van der Waals surface area contributed by atoms with Crippen LogP contribution in [0.3, 0.4) is 0 Å². The van der Waals surface area contributed by atoms with E-state index in [0.29, 0.717) is 17.8 Å².